The Balaban J connectivity index is 1.62. The first-order valence-corrected chi connectivity index (χ1v) is 12.7. The summed E-state index contributed by atoms with van der Waals surface area (Å²) in [4.78, 5) is 26.8. The highest BCUT2D eigenvalue weighted by molar-refractivity contribution is 7.91. The lowest BCUT2D eigenvalue weighted by Crippen LogP contribution is -2.46. The van der Waals surface area contributed by atoms with Gasteiger partial charge in [0.2, 0.25) is 11.8 Å². The maximum absolute atomic E-state index is 13.6. The summed E-state index contributed by atoms with van der Waals surface area (Å²) in [5, 5.41) is 5.75. The predicted octanol–water partition coefficient (Wildman–Crippen LogP) is 2.98. The van der Waals surface area contributed by atoms with E-state index in [1.807, 2.05) is 66.7 Å². The molecule has 6 nitrogen and oxygen atoms in total. The molecule has 7 heteroatoms. The standard InChI is InChI=1S/C26H26N2O4S/c29-25(23(19-10-4-1-5-11-19)20-12-6-2-7-13-20)28-24(21-14-8-3-9-15-21)26(30)27-22-16-17-33(31,32)18-22/h1-15,22-24H,16-18H2,(H,27,30)(H,28,29)/t22-,24-/m0/s1. The summed E-state index contributed by atoms with van der Waals surface area (Å²) in [6, 6.07) is 26.4. The summed E-state index contributed by atoms with van der Waals surface area (Å²) in [5.41, 5.74) is 2.26. The van der Waals surface area contributed by atoms with E-state index in [4.69, 9.17) is 0 Å². The normalized spacial score (nSPS) is 17.9. The van der Waals surface area contributed by atoms with Crippen molar-refractivity contribution in [1.29, 1.82) is 0 Å². The van der Waals surface area contributed by atoms with Crippen LogP contribution in [0.2, 0.25) is 0 Å². The van der Waals surface area contributed by atoms with Gasteiger partial charge < -0.3 is 10.6 Å². The van der Waals surface area contributed by atoms with E-state index >= 15 is 0 Å². The highest BCUT2D eigenvalue weighted by Crippen LogP contribution is 2.26. The number of carbonyl (C=O) groups is 2. The lowest BCUT2D eigenvalue weighted by Gasteiger charge is -2.24. The molecule has 1 aliphatic rings. The quantitative estimate of drug-likeness (QED) is 0.565. The van der Waals surface area contributed by atoms with Gasteiger partial charge in [-0.1, -0.05) is 91.0 Å². The third-order valence-electron chi connectivity index (χ3n) is 5.79. The van der Waals surface area contributed by atoms with Gasteiger partial charge in [0.25, 0.3) is 0 Å². The van der Waals surface area contributed by atoms with Gasteiger partial charge in [-0.3, -0.25) is 9.59 Å². The molecule has 33 heavy (non-hydrogen) atoms. The van der Waals surface area contributed by atoms with Crippen LogP contribution in [-0.4, -0.2) is 37.8 Å². The Morgan fingerprint density at radius 1 is 0.727 bits per heavy atom. The van der Waals surface area contributed by atoms with Gasteiger partial charge in [-0.15, -0.1) is 0 Å². The average molecular weight is 463 g/mol. The molecule has 1 saturated heterocycles. The van der Waals surface area contributed by atoms with Crippen LogP contribution in [0.3, 0.4) is 0 Å². The molecule has 0 spiro atoms. The summed E-state index contributed by atoms with van der Waals surface area (Å²) in [5.74, 6) is -1.35. The van der Waals surface area contributed by atoms with Crippen LogP contribution in [0.4, 0.5) is 0 Å². The molecule has 1 fully saturated rings. The van der Waals surface area contributed by atoms with Gasteiger partial charge in [-0.25, -0.2) is 8.42 Å². The second-order valence-electron chi connectivity index (χ2n) is 8.22. The molecule has 3 aromatic carbocycles. The fourth-order valence-electron chi connectivity index (χ4n) is 4.15. The summed E-state index contributed by atoms with van der Waals surface area (Å²) >= 11 is 0. The van der Waals surface area contributed by atoms with Crippen molar-refractivity contribution in [1.82, 2.24) is 10.6 Å². The van der Waals surface area contributed by atoms with Crippen molar-refractivity contribution in [3.63, 3.8) is 0 Å². The first-order valence-electron chi connectivity index (χ1n) is 10.9. The van der Waals surface area contributed by atoms with Crippen LogP contribution in [0.5, 0.6) is 0 Å². The summed E-state index contributed by atoms with van der Waals surface area (Å²) in [7, 11) is -3.14. The summed E-state index contributed by atoms with van der Waals surface area (Å²) in [6.45, 7) is 0. The minimum Gasteiger partial charge on any atom is -0.350 e. The summed E-state index contributed by atoms with van der Waals surface area (Å²) in [6.07, 6.45) is 0.375. The number of nitrogens with one attached hydrogen (secondary N) is 2. The Labute approximate surface area is 194 Å². The van der Waals surface area contributed by atoms with Gasteiger partial charge in [0.15, 0.2) is 9.84 Å². The molecule has 1 heterocycles. The first kappa shape index (κ1) is 22.7. The minimum atomic E-state index is -3.14. The zero-order chi connectivity index (χ0) is 23.3. The van der Waals surface area contributed by atoms with Crippen LogP contribution < -0.4 is 10.6 Å². The zero-order valence-electron chi connectivity index (χ0n) is 18.1. The average Bonchev–Trinajstić information content (AvgIpc) is 3.17. The number of hydrogen-bond acceptors (Lipinski definition) is 4. The molecule has 1 aliphatic heterocycles. The molecular weight excluding hydrogens is 436 g/mol. The van der Waals surface area contributed by atoms with Gasteiger partial charge >= 0.3 is 0 Å². The fourth-order valence-corrected chi connectivity index (χ4v) is 5.82. The van der Waals surface area contributed by atoms with Gasteiger partial charge in [0, 0.05) is 6.04 Å². The maximum atomic E-state index is 13.6. The molecule has 0 radical (unpaired) electrons. The topological polar surface area (TPSA) is 92.3 Å². The molecule has 2 atom stereocenters. The van der Waals surface area contributed by atoms with Gasteiger partial charge in [-0.05, 0) is 23.1 Å². The number of amides is 2. The van der Waals surface area contributed by atoms with E-state index in [0.29, 0.717) is 12.0 Å². The van der Waals surface area contributed by atoms with Crippen LogP contribution in [0.25, 0.3) is 0 Å². The number of sulfone groups is 1. The lowest BCUT2D eigenvalue weighted by molar-refractivity contribution is -0.129. The number of hydrogen-bond donors (Lipinski definition) is 2. The van der Waals surface area contributed by atoms with Gasteiger partial charge in [-0.2, -0.15) is 0 Å². The smallest absolute Gasteiger partial charge is 0.247 e. The maximum Gasteiger partial charge on any atom is 0.247 e. The molecule has 0 bridgehead atoms. The van der Waals surface area contributed by atoms with E-state index in [1.165, 1.54) is 0 Å². The molecule has 3 aromatic rings. The van der Waals surface area contributed by atoms with E-state index in [9.17, 15) is 18.0 Å². The molecule has 0 unspecified atom stereocenters. The number of carbonyl (C=O) groups excluding carboxylic acids is 2. The SMILES string of the molecule is O=C(N[C@H](C(=O)N[C@H]1CCS(=O)(=O)C1)c1ccccc1)C(c1ccccc1)c1ccccc1. The largest absolute Gasteiger partial charge is 0.350 e. The van der Waals surface area contributed by atoms with Crippen LogP contribution in [-0.2, 0) is 19.4 Å². The second-order valence-corrected chi connectivity index (χ2v) is 10.4. The molecule has 0 aromatic heterocycles. The van der Waals surface area contributed by atoms with Gasteiger partial charge in [0.05, 0.1) is 17.4 Å². The molecule has 170 valence electrons. The van der Waals surface area contributed by atoms with Crippen molar-refractivity contribution in [3.05, 3.63) is 108 Å². The van der Waals surface area contributed by atoms with Crippen molar-refractivity contribution >= 4 is 21.7 Å². The molecule has 2 amide bonds. The Morgan fingerprint density at radius 3 is 1.67 bits per heavy atom. The fraction of sp³-hybridized carbons (Fsp3) is 0.231. The Hall–Kier alpha value is -3.45. The second kappa shape index (κ2) is 10.0. The lowest BCUT2D eigenvalue weighted by atomic mass is 9.90. The molecule has 4 rings (SSSR count). The molecule has 0 aliphatic carbocycles. The molecular formula is C26H26N2O4S. The van der Waals surface area contributed by atoms with Crippen molar-refractivity contribution in [2.24, 2.45) is 0 Å². The summed E-state index contributed by atoms with van der Waals surface area (Å²) < 4.78 is 23.6. The predicted molar refractivity (Wildman–Crippen MR) is 127 cm³/mol. The first-order chi connectivity index (χ1) is 15.9. The molecule has 2 N–H and O–H groups in total. The van der Waals surface area contributed by atoms with E-state index in [1.54, 1.807) is 24.3 Å². The molecule has 0 saturated carbocycles. The highest BCUT2D eigenvalue weighted by atomic mass is 32.2. The highest BCUT2D eigenvalue weighted by Gasteiger charge is 2.33. The minimum absolute atomic E-state index is 0.0599. The monoisotopic (exact) mass is 462 g/mol. The van der Waals surface area contributed by atoms with Gasteiger partial charge in [0.1, 0.15) is 6.04 Å². The van der Waals surface area contributed by atoms with Crippen LogP contribution >= 0.6 is 0 Å². The van der Waals surface area contributed by atoms with E-state index in [-0.39, 0.29) is 17.4 Å². The number of rotatable bonds is 7. The van der Waals surface area contributed by atoms with Crippen LogP contribution in [0, 0.1) is 0 Å². The van der Waals surface area contributed by atoms with Crippen molar-refractivity contribution in [2.75, 3.05) is 11.5 Å². The van der Waals surface area contributed by atoms with E-state index < -0.39 is 33.7 Å². The van der Waals surface area contributed by atoms with Crippen molar-refractivity contribution in [3.8, 4) is 0 Å². The Kier molecular flexibility index (Phi) is 6.89. The Morgan fingerprint density at radius 2 is 1.21 bits per heavy atom. The third kappa shape index (κ3) is 5.68. The van der Waals surface area contributed by atoms with Crippen LogP contribution in [0.15, 0.2) is 91.0 Å². The van der Waals surface area contributed by atoms with E-state index in [2.05, 4.69) is 10.6 Å². The zero-order valence-corrected chi connectivity index (χ0v) is 18.9. The van der Waals surface area contributed by atoms with Crippen molar-refractivity contribution < 1.29 is 18.0 Å². The van der Waals surface area contributed by atoms with Crippen LogP contribution in [0.1, 0.15) is 35.1 Å². The van der Waals surface area contributed by atoms with Crippen molar-refractivity contribution in [2.45, 2.75) is 24.4 Å². The number of benzene rings is 3. The Bertz CT molecular complexity index is 1160. The third-order valence-corrected chi connectivity index (χ3v) is 7.56. The van der Waals surface area contributed by atoms with E-state index in [0.717, 1.165) is 11.1 Å².